The number of amides is 1. The normalized spacial score (nSPS) is 11.3. The Morgan fingerprint density at radius 3 is 2.31 bits per heavy atom. The first-order chi connectivity index (χ1) is 13.7. The van der Waals surface area contributed by atoms with Gasteiger partial charge in [-0.25, -0.2) is 8.42 Å². The predicted molar refractivity (Wildman–Crippen MR) is 118 cm³/mol. The molecule has 0 unspecified atom stereocenters. The van der Waals surface area contributed by atoms with Crippen molar-refractivity contribution in [2.45, 2.75) is 32.2 Å². The number of sulfonamides is 1. The summed E-state index contributed by atoms with van der Waals surface area (Å²) in [5.41, 5.74) is 4.06. The van der Waals surface area contributed by atoms with Gasteiger partial charge in [0, 0.05) is 17.5 Å². The zero-order chi connectivity index (χ0) is 21.2. The van der Waals surface area contributed by atoms with E-state index in [1.807, 2.05) is 44.4 Å². The molecule has 7 heteroatoms. The molecule has 0 aliphatic carbocycles. The van der Waals surface area contributed by atoms with Crippen molar-refractivity contribution >= 4 is 33.0 Å². The van der Waals surface area contributed by atoms with Crippen LogP contribution in [0.4, 0.5) is 5.69 Å². The van der Waals surface area contributed by atoms with Crippen LogP contribution in [0.3, 0.4) is 0 Å². The lowest BCUT2D eigenvalue weighted by molar-refractivity contribution is 0.0786. The monoisotopic (exact) mass is 428 g/mol. The van der Waals surface area contributed by atoms with Crippen molar-refractivity contribution in [3.8, 4) is 0 Å². The van der Waals surface area contributed by atoms with Crippen LogP contribution in [0.15, 0.2) is 58.8 Å². The molecule has 1 amide bonds. The molecular formula is C22H24N2O3S2. The van der Waals surface area contributed by atoms with E-state index in [0.29, 0.717) is 17.8 Å². The Hall–Kier alpha value is -2.64. The molecule has 0 saturated carbocycles. The second-order valence-electron chi connectivity index (χ2n) is 7.07. The van der Waals surface area contributed by atoms with Crippen LogP contribution < -0.4 is 4.72 Å². The number of hydrogen-bond donors (Lipinski definition) is 1. The first-order valence-electron chi connectivity index (χ1n) is 9.16. The number of hydrogen-bond acceptors (Lipinski definition) is 4. The van der Waals surface area contributed by atoms with Gasteiger partial charge in [0.25, 0.3) is 15.9 Å². The zero-order valence-electron chi connectivity index (χ0n) is 16.9. The first-order valence-corrected chi connectivity index (χ1v) is 11.5. The number of carbonyl (C=O) groups is 1. The molecule has 0 spiro atoms. The maximum absolute atomic E-state index is 12.7. The Bertz CT molecular complexity index is 1130. The van der Waals surface area contributed by atoms with Crippen LogP contribution in [0.25, 0.3) is 0 Å². The fraction of sp³-hybridized carbons (Fsp3) is 0.227. The molecule has 1 N–H and O–H groups in total. The largest absolute Gasteiger partial charge is 0.337 e. The van der Waals surface area contributed by atoms with Gasteiger partial charge in [0.1, 0.15) is 0 Å². The maximum Gasteiger partial charge on any atom is 0.261 e. The Morgan fingerprint density at radius 1 is 1.00 bits per heavy atom. The Balaban J connectivity index is 1.75. The molecule has 0 aliphatic heterocycles. The molecule has 29 heavy (non-hydrogen) atoms. The summed E-state index contributed by atoms with van der Waals surface area (Å²) in [7, 11) is -1.99. The minimum absolute atomic E-state index is 0.117. The van der Waals surface area contributed by atoms with E-state index in [2.05, 4.69) is 4.72 Å². The van der Waals surface area contributed by atoms with Crippen molar-refractivity contribution in [1.29, 1.82) is 0 Å². The smallest absolute Gasteiger partial charge is 0.261 e. The van der Waals surface area contributed by atoms with E-state index in [4.69, 9.17) is 0 Å². The fourth-order valence-electron chi connectivity index (χ4n) is 2.92. The molecule has 3 rings (SSSR count). The van der Waals surface area contributed by atoms with Gasteiger partial charge in [0.05, 0.1) is 17.1 Å². The van der Waals surface area contributed by atoms with Crippen LogP contribution >= 0.6 is 11.3 Å². The van der Waals surface area contributed by atoms with E-state index >= 15 is 0 Å². The lowest BCUT2D eigenvalue weighted by Gasteiger charge is -2.17. The third-order valence-corrected chi connectivity index (χ3v) is 7.35. The molecular weight excluding hydrogens is 404 g/mol. The summed E-state index contributed by atoms with van der Waals surface area (Å²) in [5, 5.41) is 2.01. The van der Waals surface area contributed by atoms with Crippen molar-refractivity contribution in [1.82, 2.24) is 4.90 Å². The summed E-state index contributed by atoms with van der Waals surface area (Å²) in [4.78, 5) is 15.6. The molecule has 0 bridgehead atoms. The van der Waals surface area contributed by atoms with Gasteiger partial charge in [0.15, 0.2) is 0 Å². The summed E-state index contributed by atoms with van der Waals surface area (Å²) in [5.74, 6) is -0.149. The van der Waals surface area contributed by atoms with Crippen molar-refractivity contribution < 1.29 is 13.2 Å². The van der Waals surface area contributed by atoms with Gasteiger partial charge < -0.3 is 4.90 Å². The highest BCUT2D eigenvalue weighted by atomic mass is 32.2. The molecule has 0 aliphatic rings. The Kier molecular flexibility index (Phi) is 6.10. The van der Waals surface area contributed by atoms with E-state index < -0.39 is 10.0 Å². The van der Waals surface area contributed by atoms with Gasteiger partial charge in [-0.05, 0) is 79.2 Å². The Morgan fingerprint density at radius 2 is 1.69 bits per heavy atom. The summed E-state index contributed by atoms with van der Waals surface area (Å²) in [6, 6.07) is 13.5. The minimum Gasteiger partial charge on any atom is -0.337 e. The van der Waals surface area contributed by atoms with Crippen LogP contribution in [-0.4, -0.2) is 26.3 Å². The average molecular weight is 429 g/mol. The molecule has 2 aromatic carbocycles. The quantitative estimate of drug-likeness (QED) is 0.616. The minimum atomic E-state index is -3.74. The highest BCUT2D eigenvalue weighted by molar-refractivity contribution is 7.92. The van der Waals surface area contributed by atoms with Crippen molar-refractivity contribution in [2.75, 3.05) is 11.8 Å². The number of anilines is 1. The van der Waals surface area contributed by atoms with E-state index in [1.54, 1.807) is 41.5 Å². The summed E-state index contributed by atoms with van der Waals surface area (Å²) >= 11 is 1.62. The fourth-order valence-corrected chi connectivity index (χ4v) is 5.00. The molecule has 0 atom stereocenters. The number of benzene rings is 2. The molecule has 1 heterocycles. The standard InChI is InChI=1S/C22H24N2O3S2/c1-15-6-5-7-20(17(15)3)23-29(26,27)19-10-8-18(9-11-19)22(25)24(4)14-21-16(2)12-13-28-21/h5-13,23H,14H2,1-4H3. The van der Waals surface area contributed by atoms with Gasteiger partial charge in [0.2, 0.25) is 0 Å². The number of thiophene rings is 1. The van der Waals surface area contributed by atoms with E-state index in [-0.39, 0.29) is 10.8 Å². The van der Waals surface area contributed by atoms with Gasteiger partial charge in [-0.1, -0.05) is 12.1 Å². The highest BCUT2D eigenvalue weighted by Crippen LogP contribution is 2.23. The van der Waals surface area contributed by atoms with Crippen molar-refractivity contribution in [3.05, 3.63) is 81.0 Å². The molecule has 0 fully saturated rings. The first kappa shape index (κ1) is 21.1. The topological polar surface area (TPSA) is 66.5 Å². The predicted octanol–water partition coefficient (Wildman–Crippen LogP) is 4.75. The third-order valence-electron chi connectivity index (χ3n) is 4.96. The van der Waals surface area contributed by atoms with Crippen LogP contribution in [0.1, 0.15) is 31.9 Å². The average Bonchev–Trinajstić information content (AvgIpc) is 3.09. The molecule has 152 valence electrons. The number of rotatable bonds is 6. The van der Waals surface area contributed by atoms with Gasteiger partial charge in [-0.15, -0.1) is 11.3 Å². The van der Waals surface area contributed by atoms with E-state index in [1.165, 1.54) is 12.1 Å². The van der Waals surface area contributed by atoms with Gasteiger partial charge in [-0.2, -0.15) is 0 Å². The van der Waals surface area contributed by atoms with E-state index in [9.17, 15) is 13.2 Å². The van der Waals surface area contributed by atoms with E-state index in [0.717, 1.165) is 21.6 Å². The molecule has 0 radical (unpaired) electrons. The summed E-state index contributed by atoms with van der Waals surface area (Å²) in [6.07, 6.45) is 0. The van der Waals surface area contributed by atoms with Crippen LogP contribution in [0.2, 0.25) is 0 Å². The van der Waals surface area contributed by atoms with Crippen LogP contribution in [-0.2, 0) is 16.6 Å². The second-order valence-corrected chi connectivity index (χ2v) is 9.75. The SMILES string of the molecule is Cc1ccsc1CN(C)C(=O)c1ccc(S(=O)(=O)Nc2cccc(C)c2C)cc1. The summed E-state index contributed by atoms with van der Waals surface area (Å²) < 4.78 is 28.1. The molecule has 0 saturated heterocycles. The third kappa shape index (κ3) is 4.68. The Labute approximate surface area is 176 Å². The maximum atomic E-state index is 12.7. The number of carbonyl (C=O) groups excluding carboxylic acids is 1. The van der Waals surface area contributed by atoms with Gasteiger partial charge >= 0.3 is 0 Å². The number of nitrogens with one attached hydrogen (secondary N) is 1. The van der Waals surface area contributed by atoms with Crippen LogP contribution in [0, 0.1) is 20.8 Å². The van der Waals surface area contributed by atoms with Crippen molar-refractivity contribution in [2.24, 2.45) is 0 Å². The molecule has 1 aromatic heterocycles. The van der Waals surface area contributed by atoms with Crippen LogP contribution in [0.5, 0.6) is 0 Å². The zero-order valence-corrected chi connectivity index (χ0v) is 18.5. The lowest BCUT2D eigenvalue weighted by atomic mass is 10.1. The highest BCUT2D eigenvalue weighted by Gasteiger charge is 2.18. The van der Waals surface area contributed by atoms with Gasteiger partial charge in [-0.3, -0.25) is 9.52 Å². The molecule has 3 aromatic rings. The second kappa shape index (κ2) is 8.39. The van der Waals surface area contributed by atoms with Crippen molar-refractivity contribution in [3.63, 3.8) is 0 Å². The molecule has 5 nitrogen and oxygen atoms in total. The lowest BCUT2D eigenvalue weighted by Crippen LogP contribution is -2.26. The number of aryl methyl sites for hydroxylation is 2. The summed E-state index contributed by atoms with van der Waals surface area (Å²) in [6.45, 7) is 6.35. The number of nitrogens with zero attached hydrogens (tertiary/aromatic N) is 1.